The van der Waals surface area contributed by atoms with Gasteiger partial charge in [0, 0.05) is 23.0 Å². The second-order valence-electron chi connectivity index (χ2n) is 4.81. The molecular formula is C14H19BrN4. The highest BCUT2D eigenvalue weighted by Crippen LogP contribution is 2.20. The molecular weight excluding hydrogens is 304 g/mol. The van der Waals surface area contributed by atoms with Crippen LogP contribution in [0, 0.1) is 0 Å². The Hall–Kier alpha value is -1.20. The lowest BCUT2D eigenvalue weighted by molar-refractivity contribution is 0.478. The maximum Gasteiger partial charge on any atom is 0.138 e. The molecule has 0 bridgehead atoms. The molecule has 1 atom stereocenters. The van der Waals surface area contributed by atoms with E-state index in [0.717, 1.165) is 16.7 Å². The van der Waals surface area contributed by atoms with Gasteiger partial charge < -0.3 is 5.32 Å². The summed E-state index contributed by atoms with van der Waals surface area (Å²) in [6.07, 6.45) is 2.46. The van der Waals surface area contributed by atoms with Crippen LogP contribution in [0.25, 0.3) is 0 Å². The molecule has 2 rings (SSSR count). The van der Waals surface area contributed by atoms with Gasteiger partial charge in [-0.2, -0.15) is 5.10 Å². The van der Waals surface area contributed by atoms with Gasteiger partial charge in [-0.15, -0.1) is 0 Å². The summed E-state index contributed by atoms with van der Waals surface area (Å²) in [7, 11) is 1.97. The van der Waals surface area contributed by atoms with Gasteiger partial charge in [-0.05, 0) is 38.6 Å². The summed E-state index contributed by atoms with van der Waals surface area (Å²) in [5, 5.41) is 7.63. The van der Waals surface area contributed by atoms with E-state index in [1.54, 1.807) is 6.33 Å². The summed E-state index contributed by atoms with van der Waals surface area (Å²) < 4.78 is 3.07. The molecule has 0 saturated carbocycles. The Morgan fingerprint density at radius 1 is 1.26 bits per heavy atom. The molecule has 0 amide bonds. The molecule has 1 aromatic carbocycles. The summed E-state index contributed by atoms with van der Waals surface area (Å²) in [4.78, 5) is 4.37. The first-order valence-electron chi connectivity index (χ1n) is 6.43. The number of halogens is 1. The molecule has 0 radical (unpaired) electrons. The fourth-order valence-corrected chi connectivity index (χ4v) is 2.38. The summed E-state index contributed by atoms with van der Waals surface area (Å²) in [5.41, 5.74) is 1.25. The minimum absolute atomic E-state index is 0.245. The van der Waals surface area contributed by atoms with Gasteiger partial charge in [-0.3, -0.25) is 0 Å². The Kier molecular flexibility index (Phi) is 4.71. The molecule has 0 spiro atoms. The number of benzene rings is 1. The molecule has 1 N–H and O–H groups in total. The topological polar surface area (TPSA) is 42.7 Å². The van der Waals surface area contributed by atoms with E-state index >= 15 is 0 Å². The maximum atomic E-state index is 4.37. The molecule has 102 valence electrons. The van der Waals surface area contributed by atoms with Crippen LogP contribution in [-0.2, 0) is 6.42 Å². The third kappa shape index (κ3) is 3.42. The van der Waals surface area contributed by atoms with Gasteiger partial charge in [-0.1, -0.05) is 28.1 Å². The van der Waals surface area contributed by atoms with E-state index in [2.05, 4.69) is 69.4 Å². The van der Waals surface area contributed by atoms with E-state index in [0.29, 0.717) is 6.04 Å². The Morgan fingerprint density at radius 2 is 1.95 bits per heavy atom. The number of nitrogens with zero attached hydrogens (tertiary/aromatic N) is 3. The minimum atomic E-state index is 0.245. The SMILES string of the molecule is CNC(Cc1ncnn1C(C)C)c1ccc(Br)cc1. The molecule has 4 nitrogen and oxygen atoms in total. The molecule has 1 aromatic heterocycles. The third-order valence-corrected chi connectivity index (χ3v) is 3.67. The van der Waals surface area contributed by atoms with Crippen molar-refractivity contribution in [1.29, 1.82) is 0 Å². The van der Waals surface area contributed by atoms with Gasteiger partial charge >= 0.3 is 0 Å². The first-order chi connectivity index (χ1) is 9.11. The first kappa shape index (κ1) is 14.2. The molecule has 0 saturated heterocycles. The van der Waals surface area contributed by atoms with Crippen molar-refractivity contribution in [2.75, 3.05) is 7.05 Å². The Labute approximate surface area is 122 Å². The smallest absolute Gasteiger partial charge is 0.138 e. The molecule has 1 unspecified atom stereocenters. The molecule has 0 aliphatic carbocycles. The van der Waals surface area contributed by atoms with Crippen LogP contribution in [0.15, 0.2) is 35.1 Å². The molecule has 0 fully saturated rings. The van der Waals surface area contributed by atoms with Crippen molar-refractivity contribution in [3.05, 3.63) is 46.5 Å². The largest absolute Gasteiger partial charge is 0.313 e. The van der Waals surface area contributed by atoms with Gasteiger partial charge in [0.25, 0.3) is 0 Å². The number of likely N-dealkylation sites (N-methyl/N-ethyl adjacent to an activating group) is 1. The third-order valence-electron chi connectivity index (χ3n) is 3.14. The van der Waals surface area contributed by atoms with Crippen molar-refractivity contribution >= 4 is 15.9 Å². The van der Waals surface area contributed by atoms with Crippen LogP contribution < -0.4 is 5.32 Å². The summed E-state index contributed by atoms with van der Waals surface area (Å²) in [6.45, 7) is 4.23. The van der Waals surface area contributed by atoms with Crippen molar-refractivity contribution in [3.63, 3.8) is 0 Å². The van der Waals surface area contributed by atoms with E-state index in [9.17, 15) is 0 Å². The number of nitrogens with one attached hydrogen (secondary N) is 1. The van der Waals surface area contributed by atoms with Crippen molar-refractivity contribution in [3.8, 4) is 0 Å². The molecule has 0 aliphatic heterocycles. The summed E-state index contributed by atoms with van der Waals surface area (Å²) in [6, 6.07) is 8.96. The van der Waals surface area contributed by atoms with Crippen LogP contribution in [0.3, 0.4) is 0 Å². The van der Waals surface area contributed by atoms with Crippen molar-refractivity contribution < 1.29 is 0 Å². The average Bonchev–Trinajstić information content (AvgIpc) is 2.85. The van der Waals surface area contributed by atoms with Gasteiger partial charge in [0.15, 0.2) is 0 Å². The highest BCUT2D eigenvalue weighted by atomic mass is 79.9. The first-order valence-corrected chi connectivity index (χ1v) is 7.22. The van der Waals surface area contributed by atoms with Crippen LogP contribution in [-0.4, -0.2) is 21.8 Å². The van der Waals surface area contributed by atoms with Gasteiger partial charge in [-0.25, -0.2) is 9.67 Å². The normalized spacial score (nSPS) is 12.9. The lowest BCUT2D eigenvalue weighted by Gasteiger charge is -2.18. The van der Waals surface area contributed by atoms with Crippen LogP contribution >= 0.6 is 15.9 Å². The zero-order valence-electron chi connectivity index (χ0n) is 11.5. The van der Waals surface area contributed by atoms with E-state index in [4.69, 9.17) is 0 Å². The Bertz CT molecular complexity index is 518. The van der Waals surface area contributed by atoms with Crippen molar-refractivity contribution in [2.45, 2.75) is 32.4 Å². The van der Waals surface area contributed by atoms with E-state index < -0.39 is 0 Å². The predicted molar refractivity (Wildman–Crippen MR) is 80.1 cm³/mol. The van der Waals surface area contributed by atoms with Crippen LogP contribution in [0.5, 0.6) is 0 Å². The number of rotatable bonds is 5. The molecule has 1 heterocycles. The van der Waals surface area contributed by atoms with Gasteiger partial charge in [0.1, 0.15) is 12.2 Å². The Morgan fingerprint density at radius 3 is 2.53 bits per heavy atom. The number of aromatic nitrogens is 3. The van der Waals surface area contributed by atoms with Crippen LogP contribution in [0.1, 0.15) is 37.3 Å². The number of hydrogen-bond donors (Lipinski definition) is 1. The molecule has 19 heavy (non-hydrogen) atoms. The highest BCUT2D eigenvalue weighted by Gasteiger charge is 2.15. The van der Waals surface area contributed by atoms with Gasteiger partial charge in [0.2, 0.25) is 0 Å². The van der Waals surface area contributed by atoms with Crippen LogP contribution in [0.2, 0.25) is 0 Å². The lowest BCUT2D eigenvalue weighted by Crippen LogP contribution is -2.21. The summed E-state index contributed by atoms with van der Waals surface area (Å²) >= 11 is 3.46. The molecule has 0 aliphatic rings. The minimum Gasteiger partial charge on any atom is -0.313 e. The lowest BCUT2D eigenvalue weighted by atomic mass is 10.0. The van der Waals surface area contributed by atoms with Crippen molar-refractivity contribution in [2.24, 2.45) is 0 Å². The molecule has 5 heteroatoms. The Balaban J connectivity index is 2.19. The molecule has 2 aromatic rings. The maximum absolute atomic E-state index is 4.37. The fourth-order valence-electron chi connectivity index (χ4n) is 2.12. The van der Waals surface area contributed by atoms with Crippen molar-refractivity contribution in [1.82, 2.24) is 20.1 Å². The van der Waals surface area contributed by atoms with E-state index in [1.165, 1.54) is 5.56 Å². The highest BCUT2D eigenvalue weighted by molar-refractivity contribution is 9.10. The second kappa shape index (κ2) is 6.30. The van der Waals surface area contributed by atoms with Crippen LogP contribution in [0.4, 0.5) is 0 Å². The zero-order valence-corrected chi connectivity index (χ0v) is 13.1. The quantitative estimate of drug-likeness (QED) is 0.919. The monoisotopic (exact) mass is 322 g/mol. The second-order valence-corrected chi connectivity index (χ2v) is 5.73. The van der Waals surface area contributed by atoms with Gasteiger partial charge in [0.05, 0.1) is 0 Å². The van der Waals surface area contributed by atoms with E-state index in [1.807, 2.05) is 11.7 Å². The average molecular weight is 323 g/mol. The standard InChI is InChI=1S/C14H19BrN4/c1-10(2)19-14(17-9-18-19)8-13(16-3)11-4-6-12(15)7-5-11/h4-7,9-10,13,16H,8H2,1-3H3. The zero-order chi connectivity index (χ0) is 13.8. The van der Waals surface area contributed by atoms with E-state index in [-0.39, 0.29) is 6.04 Å². The fraction of sp³-hybridized carbons (Fsp3) is 0.429. The number of hydrogen-bond acceptors (Lipinski definition) is 3. The predicted octanol–water partition coefficient (Wildman–Crippen LogP) is 3.12. The summed E-state index contributed by atoms with van der Waals surface area (Å²) in [5.74, 6) is 1.01.